The average molecular weight is 326 g/mol. The van der Waals surface area contributed by atoms with Crippen LogP contribution in [0.3, 0.4) is 0 Å². The molecule has 1 fully saturated rings. The number of amides is 2. The fourth-order valence-corrected chi connectivity index (χ4v) is 3.44. The van der Waals surface area contributed by atoms with E-state index in [1.165, 1.54) is 11.1 Å². The molecule has 4 heterocycles. The lowest BCUT2D eigenvalue weighted by molar-refractivity contribution is 0.109. The number of rotatable bonds is 3. The minimum atomic E-state index is 0.00129. The predicted molar refractivity (Wildman–Crippen MR) is 92.6 cm³/mol. The maximum atomic E-state index is 12.3. The zero-order valence-electron chi connectivity index (χ0n) is 13.6. The number of ether oxygens (including phenoxy) is 1. The van der Waals surface area contributed by atoms with Crippen molar-refractivity contribution in [3.05, 3.63) is 36.2 Å². The standard InChI is InChI=1S/C18H22N4O2/c23-18(21-11-14-3-2-10-24-14)22-8-5-13(6-9-22)16-12-20-17-15(16)4-1-7-19-17/h1,4-5,7,12,14H,2-3,6,8-11H2,(H,19,20)(H,21,23)/t14-/m0/s1. The van der Waals surface area contributed by atoms with Crippen LogP contribution in [0.5, 0.6) is 0 Å². The van der Waals surface area contributed by atoms with E-state index >= 15 is 0 Å². The summed E-state index contributed by atoms with van der Waals surface area (Å²) in [7, 11) is 0. The van der Waals surface area contributed by atoms with Crippen LogP contribution in [0.4, 0.5) is 4.79 Å². The summed E-state index contributed by atoms with van der Waals surface area (Å²) in [5.74, 6) is 0. The highest BCUT2D eigenvalue weighted by Gasteiger charge is 2.21. The minimum Gasteiger partial charge on any atom is -0.376 e. The molecule has 6 nitrogen and oxygen atoms in total. The van der Waals surface area contributed by atoms with Crippen molar-refractivity contribution in [2.45, 2.75) is 25.4 Å². The molecule has 0 bridgehead atoms. The van der Waals surface area contributed by atoms with E-state index < -0.39 is 0 Å². The number of carbonyl (C=O) groups excluding carboxylic acids is 1. The molecule has 0 saturated carbocycles. The van der Waals surface area contributed by atoms with Gasteiger partial charge in [-0.05, 0) is 37.0 Å². The van der Waals surface area contributed by atoms with Gasteiger partial charge in [0, 0.05) is 49.6 Å². The molecule has 2 aromatic heterocycles. The molecule has 6 heteroatoms. The van der Waals surface area contributed by atoms with Crippen LogP contribution >= 0.6 is 0 Å². The highest BCUT2D eigenvalue weighted by atomic mass is 16.5. The Morgan fingerprint density at radius 3 is 3.25 bits per heavy atom. The molecule has 0 unspecified atom stereocenters. The molecule has 2 amide bonds. The lowest BCUT2D eigenvalue weighted by atomic mass is 10.00. The summed E-state index contributed by atoms with van der Waals surface area (Å²) in [5, 5.41) is 4.13. The van der Waals surface area contributed by atoms with Gasteiger partial charge in [0.1, 0.15) is 5.65 Å². The van der Waals surface area contributed by atoms with Crippen molar-refractivity contribution in [2.75, 3.05) is 26.2 Å². The van der Waals surface area contributed by atoms with E-state index in [1.807, 2.05) is 17.2 Å². The first-order chi connectivity index (χ1) is 11.8. The fourth-order valence-electron chi connectivity index (χ4n) is 3.44. The number of hydrogen-bond acceptors (Lipinski definition) is 3. The van der Waals surface area contributed by atoms with Gasteiger partial charge in [-0.1, -0.05) is 6.08 Å². The molecule has 1 saturated heterocycles. The van der Waals surface area contributed by atoms with E-state index in [1.54, 1.807) is 6.20 Å². The topological polar surface area (TPSA) is 70.2 Å². The first kappa shape index (κ1) is 15.2. The second-order valence-electron chi connectivity index (χ2n) is 6.35. The molecule has 2 N–H and O–H groups in total. The average Bonchev–Trinajstić information content (AvgIpc) is 3.29. The quantitative estimate of drug-likeness (QED) is 0.910. The monoisotopic (exact) mass is 326 g/mol. The molecule has 1 atom stereocenters. The third-order valence-corrected chi connectivity index (χ3v) is 4.80. The molecule has 126 valence electrons. The largest absolute Gasteiger partial charge is 0.376 e. The van der Waals surface area contributed by atoms with Gasteiger partial charge in [-0.15, -0.1) is 0 Å². The number of pyridine rings is 1. The third-order valence-electron chi connectivity index (χ3n) is 4.80. The number of fused-ring (bicyclic) bond motifs is 1. The first-order valence-electron chi connectivity index (χ1n) is 8.57. The third kappa shape index (κ3) is 3.01. The van der Waals surface area contributed by atoms with Crippen LogP contribution in [0.15, 0.2) is 30.6 Å². The molecule has 2 aromatic rings. The smallest absolute Gasteiger partial charge is 0.317 e. The molecule has 0 aliphatic carbocycles. The van der Waals surface area contributed by atoms with Crippen LogP contribution in [-0.4, -0.2) is 53.2 Å². The van der Waals surface area contributed by atoms with Gasteiger partial charge >= 0.3 is 6.03 Å². The molecule has 24 heavy (non-hydrogen) atoms. The van der Waals surface area contributed by atoms with Crippen LogP contribution in [-0.2, 0) is 4.74 Å². The van der Waals surface area contributed by atoms with Crippen molar-refractivity contribution < 1.29 is 9.53 Å². The van der Waals surface area contributed by atoms with Gasteiger partial charge in [0.05, 0.1) is 6.10 Å². The molecule has 4 rings (SSSR count). The summed E-state index contributed by atoms with van der Waals surface area (Å²) in [6.07, 6.45) is 9.12. The van der Waals surface area contributed by atoms with Crippen LogP contribution in [0.2, 0.25) is 0 Å². The van der Waals surface area contributed by atoms with Crippen LogP contribution in [0.1, 0.15) is 24.8 Å². The van der Waals surface area contributed by atoms with E-state index in [9.17, 15) is 4.79 Å². The number of nitrogens with zero attached hydrogens (tertiary/aromatic N) is 2. The highest BCUT2D eigenvalue weighted by Crippen LogP contribution is 2.28. The van der Waals surface area contributed by atoms with Crippen molar-refractivity contribution >= 4 is 22.6 Å². The number of aromatic nitrogens is 2. The second kappa shape index (κ2) is 6.65. The Hall–Kier alpha value is -2.34. The van der Waals surface area contributed by atoms with E-state index in [2.05, 4.69) is 27.4 Å². The molecule has 0 spiro atoms. The van der Waals surface area contributed by atoms with E-state index in [0.29, 0.717) is 13.1 Å². The fraction of sp³-hybridized carbons (Fsp3) is 0.444. The van der Waals surface area contributed by atoms with Gasteiger partial charge in [-0.25, -0.2) is 9.78 Å². The van der Waals surface area contributed by atoms with Crippen molar-refractivity contribution in [1.82, 2.24) is 20.2 Å². The Balaban J connectivity index is 1.38. The first-order valence-corrected chi connectivity index (χ1v) is 8.57. The van der Waals surface area contributed by atoms with Crippen molar-refractivity contribution in [1.29, 1.82) is 0 Å². The SMILES string of the molecule is O=C(NC[C@@H]1CCCO1)N1CC=C(c2c[nH]c3ncccc23)CC1. The number of urea groups is 1. The van der Waals surface area contributed by atoms with Gasteiger partial charge in [-0.3, -0.25) is 0 Å². The molecule has 2 aliphatic rings. The Labute approximate surface area is 140 Å². The molecule has 2 aliphatic heterocycles. The van der Waals surface area contributed by atoms with Gasteiger partial charge in [-0.2, -0.15) is 0 Å². The summed E-state index contributed by atoms with van der Waals surface area (Å²) in [5.41, 5.74) is 3.38. The highest BCUT2D eigenvalue weighted by molar-refractivity contribution is 5.91. The summed E-state index contributed by atoms with van der Waals surface area (Å²) in [4.78, 5) is 21.7. The second-order valence-corrected chi connectivity index (χ2v) is 6.35. The van der Waals surface area contributed by atoms with Gasteiger partial charge < -0.3 is 19.9 Å². The van der Waals surface area contributed by atoms with Gasteiger partial charge in [0.15, 0.2) is 0 Å². The predicted octanol–water partition coefficient (Wildman–Crippen LogP) is 2.54. The Bertz CT molecular complexity index is 761. The molecule has 0 radical (unpaired) electrons. The molecular formula is C18H22N4O2. The van der Waals surface area contributed by atoms with Gasteiger partial charge in [0.2, 0.25) is 0 Å². The summed E-state index contributed by atoms with van der Waals surface area (Å²) in [6.45, 7) is 2.80. The Morgan fingerprint density at radius 2 is 2.46 bits per heavy atom. The van der Waals surface area contributed by atoms with E-state index in [0.717, 1.165) is 43.4 Å². The zero-order valence-corrected chi connectivity index (χ0v) is 13.6. The van der Waals surface area contributed by atoms with Crippen molar-refractivity contribution in [3.63, 3.8) is 0 Å². The minimum absolute atomic E-state index is 0.00129. The number of H-pyrrole nitrogens is 1. The summed E-state index contributed by atoms with van der Waals surface area (Å²) < 4.78 is 5.54. The lowest BCUT2D eigenvalue weighted by Crippen LogP contribution is -2.44. The number of carbonyl (C=O) groups is 1. The Morgan fingerprint density at radius 1 is 1.50 bits per heavy atom. The van der Waals surface area contributed by atoms with E-state index in [-0.39, 0.29) is 12.1 Å². The van der Waals surface area contributed by atoms with Gasteiger partial charge in [0.25, 0.3) is 0 Å². The zero-order chi connectivity index (χ0) is 16.4. The summed E-state index contributed by atoms with van der Waals surface area (Å²) >= 11 is 0. The van der Waals surface area contributed by atoms with Crippen molar-refractivity contribution in [2.24, 2.45) is 0 Å². The normalized spacial score (nSPS) is 21.1. The van der Waals surface area contributed by atoms with Crippen LogP contribution in [0, 0.1) is 0 Å². The van der Waals surface area contributed by atoms with E-state index in [4.69, 9.17) is 4.74 Å². The maximum absolute atomic E-state index is 12.3. The Kier molecular flexibility index (Phi) is 4.21. The number of aromatic amines is 1. The van der Waals surface area contributed by atoms with Crippen LogP contribution in [0.25, 0.3) is 16.6 Å². The maximum Gasteiger partial charge on any atom is 0.317 e. The number of nitrogens with one attached hydrogen (secondary N) is 2. The number of hydrogen-bond donors (Lipinski definition) is 2. The lowest BCUT2D eigenvalue weighted by Gasteiger charge is -2.27. The van der Waals surface area contributed by atoms with Crippen molar-refractivity contribution in [3.8, 4) is 0 Å². The molecular weight excluding hydrogens is 304 g/mol. The molecule has 0 aromatic carbocycles. The van der Waals surface area contributed by atoms with Crippen LogP contribution < -0.4 is 5.32 Å². The summed E-state index contributed by atoms with van der Waals surface area (Å²) in [6, 6.07) is 4.03.